The van der Waals surface area contributed by atoms with Crippen LogP contribution in [-0.4, -0.2) is 49.3 Å². The molecule has 3 aromatic rings. The number of nitrogens with one attached hydrogen (secondary N) is 1. The summed E-state index contributed by atoms with van der Waals surface area (Å²) in [5.41, 5.74) is 2.09. The van der Waals surface area contributed by atoms with Crippen molar-refractivity contribution in [2.45, 2.75) is 18.4 Å². The van der Waals surface area contributed by atoms with E-state index in [4.69, 9.17) is 18.9 Å². The van der Waals surface area contributed by atoms with E-state index in [0.717, 1.165) is 15.4 Å². The van der Waals surface area contributed by atoms with Gasteiger partial charge in [0.05, 0.1) is 39.0 Å². The number of rotatable bonds is 11. The Bertz CT molecular complexity index is 1310. The van der Waals surface area contributed by atoms with Crippen LogP contribution in [0.5, 0.6) is 23.0 Å². The fourth-order valence-corrected chi connectivity index (χ4v) is 4.94. The number of hydrogen-bond donors (Lipinski definition) is 1. The summed E-state index contributed by atoms with van der Waals surface area (Å²) in [5.74, 6) is 1.28. The molecule has 192 valence electrons. The summed E-state index contributed by atoms with van der Waals surface area (Å²) in [5, 5.41) is 2.78. The van der Waals surface area contributed by atoms with Crippen molar-refractivity contribution in [2.75, 3.05) is 39.3 Å². The molecular weight excluding hydrogens is 484 g/mol. The van der Waals surface area contributed by atoms with Crippen molar-refractivity contribution in [1.29, 1.82) is 0 Å². The summed E-state index contributed by atoms with van der Waals surface area (Å²) in [6.07, 6.45) is 0. The van der Waals surface area contributed by atoms with Crippen LogP contribution in [0, 0.1) is 6.92 Å². The number of hydrogen-bond acceptors (Lipinski definition) is 7. The van der Waals surface area contributed by atoms with Crippen LogP contribution in [0.1, 0.15) is 11.1 Å². The first-order valence-electron chi connectivity index (χ1n) is 11.0. The minimum atomic E-state index is -4.12. The van der Waals surface area contributed by atoms with E-state index in [1.807, 2.05) is 6.92 Å². The minimum absolute atomic E-state index is 0.0339. The van der Waals surface area contributed by atoms with Gasteiger partial charge in [-0.2, -0.15) is 0 Å². The standard InChI is InChI=1S/C26H30N2O7S/c1-18-6-9-20(10-7-18)28(36(30,31)21-11-13-23(33-3)25(15-21)35-5)17-26(29)27-16-19-8-12-22(32-2)24(14-19)34-4/h6-15H,16-17H2,1-5H3,(H,27,29). The van der Waals surface area contributed by atoms with E-state index in [1.165, 1.54) is 46.6 Å². The lowest BCUT2D eigenvalue weighted by Gasteiger charge is -2.24. The van der Waals surface area contributed by atoms with E-state index in [9.17, 15) is 13.2 Å². The predicted octanol–water partition coefficient (Wildman–Crippen LogP) is 3.54. The number of benzene rings is 3. The molecule has 0 saturated heterocycles. The molecule has 1 amide bonds. The zero-order valence-corrected chi connectivity index (χ0v) is 21.7. The fourth-order valence-electron chi connectivity index (χ4n) is 3.51. The Hall–Kier alpha value is -3.92. The van der Waals surface area contributed by atoms with Crippen LogP contribution in [0.25, 0.3) is 0 Å². The molecule has 0 radical (unpaired) electrons. The quantitative estimate of drug-likeness (QED) is 0.417. The Morgan fingerprint density at radius 2 is 1.33 bits per heavy atom. The van der Waals surface area contributed by atoms with Gasteiger partial charge in [-0.05, 0) is 48.9 Å². The first-order valence-corrected chi connectivity index (χ1v) is 12.5. The normalized spacial score (nSPS) is 10.9. The smallest absolute Gasteiger partial charge is 0.264 e. The SMILES string of the molecule is COc1ccc(CNC(=O)CN(c2ccc(C)cc2)S(=O)(=O)c2ccc(OC)c(OC)c2)cc1OC. The van der Waals surface area contributed by atoms with Crippen molar-refractivity contribution in [3.8, 4) is 23.0 Å². The molecule has 36 heavy (non-hydrogen) atoms. The third kappa shape index (κ3) is 6.01. The number of carbonyl (C=O) groups is 1. The highest BCUT2D eigenvalue weighted by molar-refractivity contribution is 7.92. The lowest BCUT2D eigenvalue weighted by Crippen LogP contribution is -2.40. The first-order chi connectivity index (χ1) is 17.2. The highest BCUT2D eigenvalue weighted by atomic mass is 32.2. The van der Waals surface area contributed by atoms with Gasteiger partial charge in [0.15, 0.2) is 23.0 Å². The molecule has 10 heteroatoms. The highest BCUT2D eigenvalue weighted by Crippen LogP contribution is 2.32. The average Bonchev–Trinajstić information content (AvgIpc) is 2.90. The van der Waals surface area contributed by atoms with E-state index >= 15 is 0 Å². The Balaban J connectivity index is 1.88. The lowest BCUT2D eigenvalue weighted by molar-refractivity contribution is -0.119. The van der Waals surface area contributed by atoms with Gasteiger partial charge in [-0.1, -0.05) is 23.8 Å². The van der Waals surface area contributed by atoms with Crippen LogP contribution in [-0.2, 0) is 21.4 Å². The van der Waals surface area contributed by atoms with Crippen molar-refractivity contribution >= 4 is 21.6 Å². The summed E-state index contributed by atoms with van der Waals surface area (Å²) in [7, 11) is 1.83. The molecule has 9 nitrogen and oxygen atoms in total. The second-order valence-electron chi connectivity index (χ2n) is 7.83. The van der Waals surface area contributed by atoms with E-state index in [0.29, 0.717) is 22.9 Å². The third-order valence-electron chi connectivity index (χ3n) is 5.49. The maximum absolute atomic E-state index is 13.7. The van der Waals surface area contributed by atoms with E-state index in [1.54, 1.807) is 42.5 Å². The molecule has 0 heterocycles. The fraction of sp³-hybridized carbons (Fsp3) is 0.269. The second kappa shape index (κ2) is 11.7. The number of amides is 1. The average molecular weight is 515 g/mol. The van der Waals surface area contributed by atoms with E-state index in [-0.39, 0.29) is 17.2 Å². The summed E-state index contributed by atoms with van der Waals surface area (Å²) in [6, 6.07) is 16.5. The number of aryl methyl sites for hydroxylation is 1. The molecule has 0 fully saturated rings. The van der Waals surface area contributed by atoms with Gasteiger partial charge >= 0.3 is 0 Å². The van der Waals surface area contributed by atoms with Crippen molar-refractivity contribution in [1.82, 2.24) is 5.32 Å². The van der Waals surface area contributed by atoms with Crippen LogP contribution in [0.4, 0.5) is 5.69 Å². The van der Waals surface area contributed by atoms with Crippen molar-refractivity contribution in [3.63, 3.8) is 0 Å². The Labute approximate surface area is 211 Å². The number of methoxy groups -OCH3 is 4. The van der Waals surface area contributed by atoms with Gasteiger partial charge in [-0.25, -0.2) is 8.42 Å². The van der Waals surface area contributed by atoms with Crippen LogP contribution >= 0.6 is 0 Å². The zero-order valence-electron chi connectivity index (χ0n) is 20.9. The number of nitrogens with zero attached hydrogens (tertiary/aromatic N) is 1. The summed E-state index contributed by atoms with van der Waals surface area (Å²) in [6.45, 7) is 1.65. The highest BCUT2D eigenvalue weighted by Gasteiger charge is 2.28. The third-order valence-corrected chi connectivity index (χ3v) is 7.26. The molecule has 3 rings (SSSR count). The summed E-state index contributed by atoms with van der Waals surface area (Å²) < 4.78 is 49.4. The van der Waals surface area contributed by atoms with Gasteiger partial charge in [-0.15, -0.1) is 0 Å². The Kier molecular flexibility index (Phi) is 8.65. The molecule has 0 aliphatic carbocycles. The number of sulfonamides is 1. The van der Waals surface area contributed by atoms with E-state index in [2.05, 4.69) is 5.32 Å². The molecule has 0 aliphatic rings. The monoisotopic (exact) mass is 514 g/mol. The number of carbonyl (C=O) groups excluding carboxylic acids is 1. The molecule has 0 spiro atoms. The topological polar surface area (TPSA) is 103 Å². The number of ether oxygens (including phenoxy) is 4. The van der Waals surface area contributed by atoms with Crippen LogP contribution in [0.15, 0.2) is 65.6 Å². The maximum Gasteiger partial charge on any atom is 0.264 e. The summed E-state index contributed by atoms with van der Waals surface area (Å²) >= 11 is 0. The largest absolute Gasteiger partial charge is 0.493 e. The van der Waals surface area contributed by atoms with Gasteiger partial charge in [0.1, 0.15) is 6.54 Å². The van der Waals surface area contributed by atoms with Crippen LogP contribution in [0.3, 0.4) is 0 Å². The maximum atomic E-state index is 13.7. The van der Waals surface area contributed by atoms with E-state index < -0.39 is 22.5 Å². The Morgan fingerprint density at radius 1 is 0.778 bits per heavy atom. The minimum Gasteiger partial charge on any atom is -0.493 e. The van der Waals surface area contributed by atoms with Gasteiger partial charge in [0, 0.05) is 12.6 Å². The molecule has 0 atom stereocenters. The van der Waals surface area contributed by atoms with Crippen molar-refractivity contribution < 1.29 is 32.2 Å². The molecule has 0 aliphatic heterocycles. The molecule has 0 saturated carbocycles. The lowest BCUT2D eigenvalue weighted by atomic mass is 10.2. The molecule has 1 N–H and O–H groups in total. The summed E-state index contributed by atoms with van der Waals surface area (Å²) in [4.78, 5) is 12.9. The van der Waals surface area contributed by atoms with Crippen LogP contribution < -0.4 is 28.6 Å². The Morgan fingerprint density at radius 3 is 1.92 bits per heavy atom. The molecule has 3 aromatic carbocycles. The van der Waals surface area contributed by atoms with Gasteiger partial charge in [0.2, 0.25) is 5.91 Å². The molecule has 0 unspecified atom stereocenters. The molecular formula is C26H30N2O7S. The van der Waals surface area contributed by atoms with Crippen LogP contribution in [0.2, 0.25) is 0 Å². The second-order valence-corrected chi connectivity index (χ2v) is 9.69. The molecule has 0 aromatic heterocycles. The van der Waals surface area contributed by atoms with Crippen molar-refractivity contribution in [2.24, 2.45) is 0 Å². The molecule has 0 bridgehead atoms. The first kappa shape index (κ1) is 26.7. The van der Waals surface area contributed by atoms with Gasteiger partial charge in [0.25, 0.3) is 10.0 Å². The predicted molar refractivity (Wildman–Crippen MR) is 137 cm³/mol. The number of anilines is 1. The van der Waals surface area contributed by atoms with Gasteiger partial charge in [-0.3, -0.25) is 9.10 Å². The van der Waals surface area contributed by atoms with Crippen molar-refractivity contribution in [3.05, 3.63) is 71.8 Å². The zero-order chi connectivity index (χ0) is 26.3. The van der Waals surface area contributed by atoms with Gasteiger partial charge < -0.3 is 24.3 Å².